The molecule has 0 atom stereocenters. The highest BCUT2D eigenvalue weighted by atomic mass is 32.2. The Morgan fingerprint density at radius 2 is 1.88 bits per heavy atom. The molecule has 1 aliphatic carbocycles. The third-order valence-electron chi connectivity index (χ3n) is 6.03. The molecule has 1 saturated carbocycles. The van der Waals surface area contributed by atoms with Crippen LogP contribution in [0, 0.1) is 5.92 Å². The van der Waals surface area contributed by atoms with Crippen molar-refractivity contribution in [2.45, 2.75) is 43.7 Å². The van der Waals surface area contributed by atoms with Crippen LogP contribution in [0.5, 0.6) is 0 Å². The van der Waals surface area contributed by atoms with Crippen LogP contribution < -0.4 is 15.5 Å². The Morgan fingerprint density at radius 3 is 2.64 bits per heavy atom. The maximum absolute atomic E-state index is 12.7. The van der Waals surface area contributed by atoms with Crippen LogP contribution >= 0.6 is 11.8 Å². The molecule has 2 aromatic heterocycles. The number of aromatic nitrogens is 3. The topological polar surface area (TPSA) is 83.0 Å². The van der Waals surface area contributed by atoms with Crippen molar-refractivity contribution in [3.05, 3.63) is 48.2 Å². The molecule has 2 heterocycles. The minimum absolute atomic E-state index is 0.0277. The molecule has 1 fully saturated rings. The summed E-state index contributed by atoms with van der Waals surface area (Å²) < 4.78 is 0. The van der Waals surface area contributed by atoms with Crippen LogP contribution in [-0.2, 0) is 0 Å². The third kappa shape index (κ3) is 5.74. The number of carbonyl (C=O) groups excluding carboxylic acids is 1. The number of thioether (sulfide) groups is 1. The second-order valence-corrected chi connectivity index (χ2v) is 9.90. The molecule has 1 aliphatic rings. The number of carbonyl (C=O) groups is 1. The van der Waals surface area contributed by atoms with Crippen LogP contribution in [0.15, 0.2) is 47.6 Å². The predicted molar refractivity (Wildman–Crippen MR) is 136 cm³/mol. The zero-order valence-corrected chi connectivity index (χ0v) is 20.4. The molecule has 1 amide bonds. The monoisotopic (exact) mass is 464 g/mol. The number of rotatable bonds is 8. The van der Waals surface area contributed by atoms with E-state index in [1.807, 2.05) is 49.3 Å². The predicted octanol–water partition coefficient (Wildman–Crippen LogP) is 4.60. The zero-order valence-electron chi connectivity index (χ0n) is 19.5. The second-order valence-electron chi connectivity index (χ2n) is 8.64. The van der Waals surface area contributed by atoms with Gasteiger partial charge in [0.2, 0.25) is 5.95 Å². The molecule has 174 valence electrons. The number of para-hydroxylation sites is 1. The smallest absolute Gasteiger partial charge is 0.254 e. The summed E-state index contributed by atoms with van der Waals surface area (Å²) in [6.45, 7) is 2.77. The van der Waals surface area contributed by atoms with Crippen molar-refractivity contribution < 1.29 is 4.79 Å². The van der Waals surface area contributed by atoms with Gasteiger partial charge >= 0.3 is 0 Å². The molecule has 0 unspecified atom stereocenters. The first-order valence-corrected chi connectivity index (χ1v) is 12.6. The van der Waals surface area contributed by atoms with E-state index < -0.39 is 0 Å². The Labute approximate surface area is 199 Å². The molecule has 3 aromatic rings. The lowest BCUT2D eigenvalue weighted by atomic mass is 9.86. The molecule has 0 radical (unpaired) electrons. The molecule has 7 nitrogen and oxygen atoms in total. The molecular weight excluding hydrogens is 432 g/mol. The maximum atomic E-state index is 12.7. The van der Waals surface area contributed by atoms with E-state index in [0.717, 1.165) is 53.2 Å². The number of hydrogen-bond donors (Lipinski definition) is 2. The van der Waals surface area contributed by atoms with Crippen LogP contribution in [0.3, 0.4) is 0 Å². The van der Waals surface area contributed by atoms with E-state index >= 15 is 0 Å². The van der Waals surface area contributed by atoms with Crippen LogP contribution in [0.25, 0.3) is 10.9 Å². The quantitative estimate of drug-likeness (QED) is 0.471. The van der Waals surface area contributed by atoms with E-state index in [0.29, 0.717) is 30.0 Å². The molecule has 4 rings (SSSR count). The van der Waals surface area contributed by atoms with E-state index in [9.17, 15) is 4.79 Å². The second kappa shape index (κ2) is 10.8. The van der Waals surface area contributed by atoms with Gasteiger partial charge in [-0.25, -0.2) is 9.97 Å². The Kier molecular flexibility index (Phi) is 7.65. The summed E-state index contributed by atoms with van der Waals surface area (Å²) in [7, 11) is 4.01. The number of amides is 1. The lowest BCUT2D eigenvalue weighted by Crippen LogP contribution is -2.34. The number of nitrogens with one attached hydrogen (secondary N) is 2. The molecule has 8 heteroatoms. The molecule has 0 aliphatic heterocycles. The number of nitrogens with zero attached hydrogens (tertiary/aromatic N) is 4. The molecule has 33 heavy (non-hydrogen) atoms. The van der Waals surface area contributed by atoms with Crippen LogP contribution in [0.2, 0.25) is 0 Å². The highest BCUT2D eigenvalue weighted by molar-refractivity contribution is 7.99. The highest BCUT2D eigenvalue weighted by Crippen LogP contribution is 2.28. The summed E-state index contributed by atoms with van der Waals surface area (Å²) >= 11 is 1.60. The van der Waals surface area contributed by atoms with Crippen molar-refractivity contribution in [3.8, 4) is 0 Å². The van der Waals surface area contributed by atoms with Gasteiger partial charge < -0.3 is 15.5 Å². The van der Waals surface area contributed by atoms with Gasteiger partial charge in [0.25, 0.3) is 5.91 Å². The lowest BCUT2D eigenvalue weighted by Gasteiger charge is -2.29. The van der Waals surface area contributed by atoms with E-state index in [1.54, 1.807) is 18.0 Å². The first kappa shape index (κ1) is 23.3. The number of fused-ring (bicyclic) bond motifs is 1. The summed E-state index contributed by atoms with van der Waals surface area (Å²) in [6, 6.07) is 12.1. The van der Waals surface area contributed by atoms with E-state index in [1.165, 1.54) is 0 Å². The van der Waals surface area contributed by atoms with Gasteiger partial charge in [0.1, 0.15) is 10.8 Å². The molecule has 0 spiro atoms. The Balaban J connectivity index is 1.31. The summed E-state index contributed by atoms with van der Waals surface area (Å²) in [5.74, 6) is 2.97. The van der Waals surface area contributed by atoms with Gasteiger partial charge in [-0.05, 0) is 61.6 Å². The van der Waals surface area contributed by atoms with Crippen molar-refractivity contribution in [1.29, 1.82) is 0 Å². The zero-order chi connectivity index (χ0) is 23.2. The van der Waals surface area contributed by atoms with Crippen LogP contribution in [0.4, 0.5) is 11.8 Å². The summed E-state index contributed by atoms with van der Waals surface area (Å²) in [4.78, 5) is 28.6. The summed E-state index contributed by atoms with van der Waals surface area (Å²) in [6.07, 6.45) is 5.95. The largest absolute Gasteiger partial charge is 0.362 e. The molecule has 1 aromatic carbocycles. The van der Waals surface area contributed by atoms with Crippen LogP contribution in [0.1, 0.15) is 43.0 Å². The van der Waals surface area contributed by atoms with Crippen molar-refractivity contribution >= 4 is 40.3 Å². The molecule has 2 N–H and O–H groups in total. The molecule has 0 bridgehead atoms. The number of pyridine rings is 1. The van der Waals surface area contributed by atoms with Crippen molar-refractivity contribution in [1.82, 2.24) is 20.3 Å². The van der Waals surface area contributed by atoms with Gasteiger partial charge in [-0.2, -0.15) is 4.98 Å². The average Bonchev–Trinajstić information content (AvgIpc) is 2.83. The van der Waals surface area contributed by atoms with Gasteiger partial charge in [0, 0.05) is 38.3 Å². The lowest BCUT2D eigenvalue weighted by molar-refractivity contribution is 0.0939. The summed E-state index contributed by atoms with van der Waals surface area (Å²) in [5, 5.41) is 8.54. The van der Waals surface area contributed by atoms with Gasteiger partial charge in [0.05, 0.1) is 11.1 Å². The Hall–Kier alpha value is -2.87. The van der Waals surface area contributed by atoms with Gasteiger partial charge in [-0.15, -0.1) is 11.8 Å². The van der Waals surface area contributed by atoms with Crippen molar-refractivity contribution in [3.63, 3.8) is 0 Å². The Morgan fingerprint density at radius 1 is 1.09 bits per heavy atom. The summed E-state index contributed by atoms with van der Waals surface area (Å²) in [5.41, 5.74) is 1.62. The van der Waals surface area contributed by atoms with E-state index in [2.05, 4.69) is 28.6 Å². The van der Waals surface area contributed by atoms with Crippen molar-refractivity contribution in [2.75, 3.05) is 36.6 Å². The fourth-order valence-electron chi connectivity index (χ4n) is 4.31. The van der Waals surface area contributed by atoms with Crippen molar-refractivity contribution in [2.24, 2.45) is 5.92 Å². The van der Waals surface area contributed by atoms with Gasteiger partial charge in [-0.3, -0.25) is 4.79 Å². The SMILES string of the molecule is CCSc1ncccc1C(=O)NCC1CCC(Nc2nc(N(C)C)c3ccccc3n2)CC1. The fraction of sp³-hybridized carbons (Fsp3) is 0.440. The van der Waals surface area contributed by atoms with E-state index in [-0.39, 0.29) is 5.91 Å². The fourth-order valence-corrected chi connectivity index (χ4v) is 5.03. The van der Waals surface area contributed by atoms with Gasteiger partial charge in [-0.1, -0.05) is 19.1 Å². The average molecular weight is 465 g/mol. The van der Waals surface area contributed by atoms with Crippen LogP contribution in [-0.4, -0.2) is 53.3 Å². The number of benzene rings is 1. The minimum Gasteiger partial charge on any atom is -0.362 e. The van der Waals surface area contributed by atoms with Gasteiger partial charge in [0.15, 0.2) is 0 Å². The standard InChI is InChI=1S/C25H32N6OS/c1-4-33-24-20(9-7-15-26-24)23(32)27-16-17-11-13-18(14-12-17)28-25-29-21-10-6-5-8-19(21)22(30-25)31(2)3/h5-10,15,17-18H,4,11-14,16H2,1-3H3,(H,27,32)(H,28,29,30). The Bertz CT molecular complexity index is 1100. The first-order valence-electron chi connectivity index (χ1n) is 11.6. The normalized spacial score (nSPS) is 18.2. The molecular formula is C25H32N6OS. The third-order valence-corrected chi connectivity index (χ3v) is 6.92. The highest BCUT2D eigenvalue weighted by Gasteiger charge is 2.23. The van der Waals surface area contributed by atoms with E-state index in [4.69, 9.17) is 9.97 Å². The minimum atomic E-state index is -0.0277. The molecule has 0 saturated heterocycles. The number of hydrogen-bond acceptors (Lipinski definition) is 7. The number of anilines is 2. The maximum Gasteiger partial charge on any atom is 0.254 e. The first-order chi connectivity index (χ1) is 16.0.